The van der Waals surface area contributed by atoms with Gasteiger partial charge in [-0.15, -0.1) is 0 Å². The zero-order chi connectivity index (χ0) is 11.7. The zero-order valence-corrected chi connectivity index (χ0v) is 9.61. The third-order valence-electron chi connectivity index (χ3n) is 2.30. The number of benzene rings is 1. The van der Waals surface area contributed by atoms with Crippen LogP contribution in [-0.2, 0) is 9.53 Å². The van der Waals surface area contributed by atoms with Crippen molar-refractivity contribution in [2.75, 3.05) is 13.2 Å². The predicted molar refractivity (Wildman–Crippen MR) is 58.1 cm³/mol. The molecule has 1 heterocycles. The molecule has 1 amide bonds. The van der Waals surface area contributed by atoms with Gasteiger partial charge in [0.2, 0.25) is 5.91 Å². The lowest BCUT2D eigenvalue weighted by Gasteiger charge is -2.25. The first kappa shape index (κ1) is 11.6. The number of ether oxygens (including phenoxy) is 1. The third kappa shape index (κ3) is 2.14. The van der Waals surface area contributed by atoms with E-state index in [0.29, 0.717) is 10.6 Å². The van der Waals surface area contributed by atoms with Crippen molar-refractivity contribution in [3.63, 3.8) is 0 Å². The smallest absolute Gasteiger partial charge is 0.246 e. The monoisotopic (exact) mass is 263 g/mol. The van der Waals surface area contributed by atoms with E-state index in [-0.39, 0.29) is 24.1 Å². The lowest BCUT2D eigenvalue weighted by atomic mass is 10.1. The first-order chi connectivity index (χ1) is 7.59. The van der Waals surface area contributed by atoms with Crippen LogP contribution < -0.4 is 5.32 Å². The van der Waals surface area contributed by atoms with Crippen molar-refractivity contribution in [1.82, 2.24) is 5.32 Å². The molecular weight excluding hydrogens is 256 g/mol. The van der Waals surface area contributed by atoms with Crippen molar-refractivity contribution in [3.05, 3.63) is 33.6 Å². The maximum Gasteiger partial charge on any atom is 0.246 e. The van der Waals surface area contributed by atoms with E-state index >= 15 is 0 Å². The molecule has 1 saturated heterocycles. The van der Waals surface area contributed by atoms with Crippen molar-refractivity contribution >= 4 is 29.1 Å². The lowest BCUT2D eigenvalue weighted by molar-refractivity contribution is -0.133. The highest BCUT2D eigenvalue weighted by Crippen LogP contribution is 2.34. The molecule has 16 heavy (non-hydrogen) atoms. The Kier molecular flexibility index (Phi) is 3.33. The summed E-state index contributed by atoms with van der Waals surface area (Å²) in [7, 11) is 0. The Morgan fingerprint density at radius 3 is 2.81 bits per heavy atom. The summed E-state index contributed by atoms with van der Waals surface area (Å²) in [5.41, 5.74) is 0.378. The van der Waals surface area contributed by atoms with E-state index < -0.39 is 11.9 Å². The number of hydrogen-bond donors (Lipinski definition) is 1. The van der Waals surface area contributed by atoms with Crippen LogP contribution in [0.1, 0.15) is 11.7 Å². The first-order valence-corrected chi connectivity index (χ1v) is 5.37. The van der Waals surface area contributed by atoms with Crippen molar-refractivity contribution in [1.29, 1.82) is 0 Å². The SMILES string of the molecule is O=C1COC(c2c(Cl)ccc(F)c2Cl)CN1. The Bertz CT molecular complexity index is 429. The summed E-state index contributed by atoms with van der Waals surface area (Å²) in [4.78, 5) is 10.9. The van der Waals surface area contributed by atoms with E-state index in [9.17, 15) is 9.18 Å². The minimum atomic E-state index is -0.554. The minimum absolute atomic E-state index is 0.0614. The van der Waals surface area contributed by atoms with Crippen molar-refractivity contribution in [2.24, 2.45) is 0 Å². The average Bonchev–Trinajstić information content (AvgIpc) is 2.27. The zero-order valence-electron chi connectivity index (χ0n) is 8.10. The van der Waals surface area contributed by atoms with E-state index in [1.807, 2.05) is 0 Å². The predicted octanol–water partition coefficient (Wildman–Crippen LogP) is 2.32. The van der Waals surface area contributed by atoms with E-state index in [4.69, 9.17) is 27.9 Å². The van der Waals surface area contributed by atoms with Gasteiger partial charge < -0.3 is 10.1 Å². The molecule has 1 aliphatic heterocycles. The van der Waals surface area contributed by atoms with Gasteiger partial charge >= 0.3 is 0 Å². The Hall–Kier alpha value is -0.840. The van der Waals surface area contributed by atoms with Crippen LogP contribution in [0.2, 0.25) is 10.0 Å². The Balaban J connectivity index is 2.33. The van der Waals surface area contributed by atoms with Gasteiger partial charge in [0, 0.05) is 17.1 Å². The van der Waals surface area contributed by atoms with E-state index in [1.54, 1.807) is 0 Å². The summed E-state index contributed by atoms with van der Waals surface area (Å²) in [5.74, 6) is -0.763. The molecule has 1 aromatic carbocycles. The first-order valence-electron chi connectivity index (χ1n) is 4.61. The normalized spacial score (nSPS) is 20.7. The summed E-state index contributed by atoms with van der Waals surface area (Å²) in [6.45, 7) is 0.162. The quantitative estimate of drug-likeness (QED) is 0.790. The number of rotatable bonds is 1. The van der Waals surface area contributed by atoms with Gasteiger partial charge in [0.05, 0.1) is 5.02 Å². The highest BCUT2D eigenvalue weighted by molar-refractivity contribution is 6.36. The van der Waals surface area contributed by atoms with Crippen LogP contribution in [0.15, 0.2) is 12.1 Å². The van der Waals surface area contributed by atoms with Crippen LogP contribution in [-0.4, -0.2) is 19.1 Å². The standard InChI is InChI=1S/C10H8Cl2FNO2/c11-5-1-2-6(13)10(12)9(5)7-3-14-8(15)4-16-7/h1-2,7H,3-4H2,(H,14,15). The van der Waals surface area contributed by atoms with Gasteiger partial charge in [-0.25, -0.2) is 4.39 Å². The topological polar surface area (TPSA) is 38.3 Å². The Morgan fingerprint density at radius 1 is 1.44 bits per heavy atom. The Labute approximate surface area is 101 Å². The number of carbonyl (C=O) groups excluding carboxylic acids is 1. The van der Waals surface area contributed by atoms with Crippen LogP contribution in [0.5, 0.6) is 0 Å². The number of halogens is 3. The van der Waals surface area contributed by atoms with Crippen molar-refractivity contribution in [3.8, 4) is 0 Å². The molecule has 0 aromatic heterocycles. The molecule has 1 aromatic rings. The van der Waals surface area contributed by atoms with Gasteiger partial charge in [-0.1, -0.05) is 23.2 Å². The summed E-state index contributed by atoms with van der Waals surface area (Å²) in [5, 5.41) is 2.87. The average molecular weight is 264 g/mol. The molecule has 1 aliphatic rings. The van der Waals surface area contributed by atoms with Crippen LogP contribution in [0.4, 0.5) is 4.39 Å². The number of carbonyl (C=O) groups is 1. The summed E-state index contributed by atoms with van der Waals surface area (Å²) in [6, 6.07) is 2.60. The molecule has 0 radical (unpaired) electrons. The van der Waals surface area contributed by atoms with Gasteiger partial charge in [0.25, 0.3) is 0 Å². The molecule has 1 N–H and O–H groups in total. The molecule has 6 heteroatoms. The van der Waals surface area contributed by atoms with Crippen LogP contribution >= 0.6 is 23.2 Å². The molecule has 1 atom stereocenters. The Morgan fingerprint density at radius 2 is 2.19 bits per heavy atom. The highest BCUT2D eigenvalue weighted by atomic mass is 35.5. The van der Waals surface area contributed by atoms with E-state index in [0.717, 1.165) is 0 Å². The second kappa shape index (κ2) is 4.57. The van der Waals surface area contributed by atoms with Crippen LogP contribution in [0.25, 0.3) is 0 Å². The van der Waals surface area contributed by atoms with Crippen LogP contribution in [0, 0.1) is 5.82 Å². The third-order valence-corrected chi connectivity index (χ3v) is 3.02. The fourth-order valence-electron chi connectivity index (χ4n) is 1.52. The molecule has 1 unspecified atom stereocenters. The van der Waals surface area contributed by atoms with Gasteiger partial charge in [0.15, 0.2) is 0 Å². The number of morpholine rings is 1. The number of hydrogen-bond acceptors (Lipinski definition) is 2. The maximum absolute atomic E-state index is 13.3. The van der Waals surface area contributed by atoms with E-state index in [1.165, 1.54) is 12.1 Å². The molecule has 0 saturated carbocycles. The minimum Gasteiger partial charge on any atom is -0.362 e. The van der Waals surface area contributed by atoms with Crippen LogP contribution in [0.3, 0.4) is 0 Å². The molecule has 0 bridgehead atoms. The molecule has 0 aliphatic carbocycles. The summed E-state index contributed by atoms with van der Waals surface area (Å²) in [6.07, 6.45) is -0.506. The second-order valence-electron chi connectivity index (χ2n) is 3.36. The molecule has 1 fully saturated rings. The summed E-state index contributed by atoms with van der Waals surface area (Å²) < 4.78 is 18.5. The van der Waals surface area contributed by atoms with Crippen molar-refractivity contribution in [2.45, 2.75) is 6.10 Å². The fraction of sp³-hybridized carbons (Fsp3) is 0.300. The summed E-state index contributed by atoms with van der Waals surface area (Å²) >= 11 is 11.7. The molecule has 3 nitrogen and oxygen atoms in total. The fourth-order valence-corrected chi connectivity index (χ4v) is 2.13. The number of nitrogens with one attached hydrogen (secondary N) is 1. The van der Waals surface area contributed by atoms with Gasteiger partial charge in [-0.3, -0.25) is 4.79 Å². The van der Waals surface area contributed by atoms with Gasteiger partial charge in [-0.2, -0.15) is 0 Å². The van der Waals surface area contributed by atoms with Gasteiger partial charge in [-0.05, 0) is 12.1 Å². The highest BCUT2D eigenvalue weighted by Gasteiger charge is 2.25. The molecule has 86 valence electrons. The van der Waals surface area contributed by atoms with Crippen molar-refractivity contribution < 1.29 is 13.9 Å². The lowest BCUT2D eigenvalue weighted by Crippen LogP contribution is -2.38. The molecular formula is C10H8Cl2FNO2. The second-order valence-corrected chi connectivity index (χ2v) is 4.15. The van der Waals surface area contributed by atoms with Gasteiger partial charge in [0.1, 0.15) is 18.5 Å². The van der Waals surface area contributed by atoms with E-state index in [2.05, 4.69) is 5.32 Å². The molecule has 0 spiro atoms. The number of amides is 1. The maximum atomic E-state index is 13.3. The largest absolute Gasteiger partial charge is 0.362 e. The molecule has 2 rings (SSSR count).